The maximum atomic E-state index is 15.1. The Balaban J connectivity index is 1.61. The van der Waals surface area contributed by atoms with Crippen molar-refractivity contribution >= 4 is 27.8 Å². The summed E-state index contributed by atoms with van der Waals surface area (Å²) < 4.78 is 51.9. The van der Waals surface area contributed by atoms with Crippen LogP contribution in [0.25, 0.3) is 38.9 Å². The van der Waals surface area contributed by atoms with Crippen LogP contribution in [0.5, 0.6) is 5.75 Å². The van der Waals surface area contributed by atoms with Crippen molar-refractivity contribution in [2.75, 3.05) is 12.8 Å². The minimum Gasteiger partial charge on any atom is -0.494 e. The van der Waals surface area contributed by atoms with Crippen LogP contribution in [-0.2, 0) is 6.54 Å². The number of benzene rings is 3. The van der Waals surface area contributed by atoms with E-state index in [0.717, 1.165) is 0 Å². The van der Waals surface area contributed by atoms with Gasteiger partial charge in [-0.15, -0.1) is 0 Å². The van der Waals surface area contributed by atoms with Gasteiger partial charge in [0.05, 0.1) is 23.7 Å². The Hall–Kier alpha value is -5.26. The molecule has 6 aromatic rings. The quantitative estimate of drug-likeness (QED) is 0.355. The fourth-order valence-electron chi connectivity index (χ4n) is 4.52. The standard InChI is InChI=1S/C27H18F3N7O2/c1-39-18-11-10-15(22(29)23(18)30)24-21-25(31)32-13-33-26(21)36(35-24)12-19-34-17-9-5-8-16(28)20(17)27(38)37(19)14-6-3-2-4-7-14/h2-11,13H,12H2,1H3,(H2,31,32,33). The van der Waals surface area contributed by atoms with Crippen molar-refractivity contribution in [1.82, 2.24) is 29.3 Å². The predicted molar refractivity (Wildman–Crippen MR) is 138 cm³/mol. The first-order valence-corrected chi connectivity index (χ1v) is 11.6. The molecule has 3 heterocycles. The molecule has 2 N–H and O–H groups in total. The topological polar surface area (TPSA) is 114 Å². The molecule has 6 rings (SSSR count). The SMILES string of the molecule is COc1ccc(-c2nn(Cc3nc4cccc(F)c4c(=O)n3-c3ccccc3)c3ncnc(N)c23)c(F)c1F. The maximum Gasteiger partial charge on any atom is 0.269 e. The van der Waals surface area contributed by atoms with E-state index in [-0.39, 0.29) is 57.1 Å². The lowest BCUT2D eigenvalue weighted by Crippen LogP contribution is -2.26. The highest BCUT2D eigenvalue weighted by atomic mass is 19.2. The molecule has 0 aliphatic carbocycles. The smallest absolute Gasteiger partial charge is 0.269 e. The van der Waals surface area contributed by atoms with Gasteiger partial charge in [-0.2, -0.15) is 9.49 Å². The normalized spacial score (nSPS) is 11.4. The summed E-state index contributed by atoms with van der Waals surface area (Å²) in [6, 6.07) is 15.4. The number of halogens is 3. The number of para-hydroxylation sites is 1. The highest BCUT2D eigenvalue weighted by Gasteiger charge is 2.24. The van der Waals surface area contributed by atoms with E-state index in [4.69, 9.17) is 10.5 Å². The highest BCUT2D eigenvalue weighted by Crippen LogP contribution is 2.35. The van der Waals surface area contributed by atoms with Gasteiger partial charge in [0.1, 0.15) is 41.4 Å². The van der Waals surface area contributed by atoms with Gasteiger partial charge in [-0.25, -0.2) is 28.4 Å². The minimum absolute atomic E-state index is 0.00846. The second-order valence-corrected chi connectivity index (χ2v) is 8.55. The number of anilines is 1. The van der Waals surface area contributed by atoms with Gasteiger partial charge in [0, 0.05) is 5.56 Å². The van der Waals surface area contributed by atoms with E-state index in [1.54, 1.807) is 30.3 Å². The number of aromatic nitrogens is 6. The number of ether oxygens (including phenoxy) is 1. The Morgan fingerprint density at radius 2 is 1.72 bits per heavy atom. The first-order valence-electron chi connectivity index (χ1n) is 11.6. The average Bonchev–Trinajstić information content (AvgIpc) is 3.30. The summed E-state index contributed by atoms with van der Waals surface area (Å²) in [4.78, 5) is 26.4. The number of methoxy groups -OCH3 is 1. The van der Waals surface area contributed by atoms with Gasteiger partial charge < -0.3 is 10.5 Å². The number of nitrogens with zero attached hydrogens (tertiary/aromatic N) is 6. The monoisotopic (exact) mass is 529 g/mol. The molecule has 0 atom stereocenters. The molecular weight excluding hydrogens is 511 g/mol. The molecule has 0 bridgehead atoms. The van der Waals surface area contributed by atoms with Crippen molar-refractivity contribution in [1.29, 1.82) is 0 Å². The van der Waals surface area contributed by atoms with E-state index in [1.165, 1.54) is 53.0 Å². The molecule has 0 saturated carbocycles. The lowest BCUT2D eigenvalue weighted by atomic mass is 10.1. The molecule has 0 unspecified atom stereocenters. The summed E-state index contributed by atoms with van der Waals surface area (Å²) in [5.74, 6) is -3.17. The van der Waals surface area contributed by atoms with Crippen LogP contribution < -0.4 is 16.0 Å². The molecule has 3 aromatic heterocycles. The average molecular weight is 529 g/mol. The van der Waals surface area contributed by atoms with Crippen molar-refractivity contribution in [3.05, 3.63) is 101 Å². The molecule has 0 aliphatic heterocycles. The first-order chi connectivity index (χ1) is 18.9. The van der Waals surface area contributed by atoms with Gasteiger partial charge in [0.2, 0.25) is 5.82 Å². The van der Waals surface area contributed by atoms with Crippen molar-refractivity contribution in [3.63, 3.8) is 0 Å². The molecular formula is C27H18F3N7O2. The fourth-order valence-corrected chi connectivity index (χ4v) is 4.52. The molecule has 0 fully saturated rings. The van der Waals surface area contributed by atoms with Crippen LogP contribution >= 0.6 is 0 Å². The van der Waals surface area contributed by atoms with Gasteiger partial charge in [0.15, 0.2) is 17.2 Å². The number of hydrogen-bond donors (Lipinski definition) is 1. The van der Waals surface area contributed by atoms with E-state index >= 15 is 4.39 Å². The second-order valence-electron chi connectivity index (χ2n) is 8.55. The van der Waals surface area contributed by atoms with Crippen LogP contribution in [-0.4, -0.2) is 36.4 Å². The number of fused-ring (bicyclic) bond motifs is 2. The third-order valence-corrected chi connectivity index (χ3v) is 6.30. The van der Waals surface area contributed by atoms with Crippen LogP contribution in [0.4, 0.5) is 19.0 Å². The van der Waals surface area contributed by atoms with Crippen LogP contribution in [0, 0.1) is 17.5 Å². The fraction of sp³-hybridized carbons (Fsp3) is 0.0741. The molecule has 194 valence electrons. The Morgan fingerprint density at radius 3 is 2.49 bits per heavy atom. The van der Waals surface area contributed by atoms with Gasteiger partial charge in [-0.1, -0.05) is 24.3 Å². The summed E-state index contributed by atoms with van der Waals surface area (Å²) in [5.41, 5.74) is 6.10. The van der Waals surface area contributed by atoms with E-state index in [1.807, 2.05) is 0 Å². The molecule has 0 spiro atoms. The van der Waals surface area contributed by atoms with Crippen LogP contribution in [0.2, 0.25) is 0 Å². The van der Waals surface area contributed by atoms with Crippen molar-refractivity contribution in [3.8, 4) is 22.7 Å². The third kappa shape index (κ3) is 3.84. The molecule has 9 nitrogen and oxygen atoms in total. The van der Waals surface area contributed by atoms with Gasteiger partial charge >= 0.3 is 0 Å². The zero-order valence-corrected chi connectivity index (χ0v) is 20.3. The summed E-state index contributed by atoms with van der Waals surface area (Å²) in [5, 5.41) is 4.51. The zero-order chi connectivity index (χ0) is 27.3. The van der Waals surface area contributed by atoms with E-state index < -0.39 is 23.0 Å². The summed E-state index contributed by atoms with van der Waals surface area (Å²) in [6.45, 7) is -0.149. The second kappa shape index (κ2) is 9.24. The molecule has 12 heteroatoms. The Kier molecular flexibility index (Phi) is 5.71. The number of hydrogen-bond acceptors (Lipinski definition) is 7. The highest BCUT2D eigenvalue weighted by molar-refractivity contribution is 5.98. The predicted octanol–water partition coefficient (Wildman–Crippen LogP) is 4.25. The lowest BCUT2D eigenvalue weighted by Gasteiger charge is -2.14. The molecule has 3 aromatic carbocycles. The Morgan fingerprint density at radius 1 is 0.923 bits per heavy atom. The molecule has 0 radical (unpaired) electrons. The van der Waals surface area contributed by atoms with Crippen molar-refractivity contribution < 1.29 is 17.9 Å². The van der Waals surface area contributed by atoms with Crippen molar-refractivity contribution in [2.24, 2.45) is 0 Å². The van der Waals surface area contributed by atoms with Gasteiger partial charge in [-0.3, -0.25) is 9.36 Å². The van der Waals surface area contributed by atoms with Crippen LogP contribution in [0.3, 0.4) is 0 Å². The van der Waals surface area contributed by atoms with Gasteiger partial charge in [0.25, 0.3) is 5.56 Å². The Bertz CT molecular complexity index is 1960. The number of rotatable bonds is 5. The maximum absolute atomic E-state index is 15.1. The number of nitrogen functional groups attached to an aromatic ring is 1. The molecule has 39 heavy (non-hydrogen) atoms. The first kappa shape index (κ1) is 24.1. The van der Waals surface area contributed by atoms with E-state index in [2.05, 4.69) is 20.1 Å². The summed E-state index contributed by atoms with van der Waals surface area (Å²) in [7, 11) is 1.22. The number of nitrogens with two attached hydrogens (primary N) is 1. The summed E-state index contributed by atoms with van der Waals surface area (Å²) in [6.07, 6.45) is 1.21. The zero-order valence-electron chi connectivity index (χ0n) is 20.3. The van der Waals surface area contributed by atoms with E-state index in [9.17, 15) is 13.6 Å². The van der Waals surface area contributed by atoms with Crippen LogP contribution in [0.1, 0.15) is 5.82 Å². The summed E-state index contributed by atoms with van der Waals surface area (Å²) >= 11 is 0. The van der Waals surface area contributed by atoms with Crippen LogP contribution in [0.15, 0.2) is 71.8 Å². The molecule has 0 aliphatic rings. The van der Waals surface area contributed by atoms with Crippen molar-refractivity contribution in [2.45, 2.75) is 6.54 Å². The molecule has 0 saturated heterocycles. The van der Waals surface area contributed by atoms with E-state index in [0.29, 0.717) is 5.69 Å². The van der Waals surface area contributed by atoms with Gasteiger partial charge in [-0.05, 0) is 36.4 Å². The molecule has 0 amide bonds. The largest absolute Gasteiger partial charge is 0.494 e. The lowest BCUT2D eigenvalue weighted by molar-refractivity contribution is 0.372. The minimum atomic E-state index is -1.19. The Labute approximate surface area is 218 Å². The third-order valence-electron chi connectivity index (χ3n) is 6.30.